The Hall–Kier alpha value is -0.760. The summed E-state index contributed by atoms with van der Waals surface area (Å²) >= 11 is 5.72. The number of rotatable bonds is 2. The molecule has 0 amide bonds. The molecule has 0 fully saturated rings. The third-order valence-electron chi connectivity index (χ3n) is 1.45. The van der Waals surface area contributed by atoms with Gasteiger partial charge in [-0.1, -0.05) is 18.5 Å². The first-order valence-electron chi connectivity index (χ1n) is 3.46. The summed E-state index contributed by atoms with van der Waals surface area (Å²) < 4.78 is 4.94. The van der Waals surface area contributed by atoms with E-state index in [1.807, 2.05) is 12.1 Å². The minimum Gasteiger partial charge on any atom is -0.481 e. The Morgan fingerprint density at radius 1 is 1.55 bits per heavy atom. The zero-order valence-electron chi connectivity index (χ0n) is 6.60. The first-order valence-corrected chi connectivity index (χ1v) is 3.84. The summed E-state index contributed by atoms with van der Waals surface area (Å²) in [6.45, 7) is 2.06. The molecule has 2 nitrogen and oxygen atoms in total. The second kappa shape index (κ2) is 3.58. The van der Waals surface area contributed by atoms with Gasteiger partial charge in [-0.15, -0.1) is 0 Å². The van der Waals surface area contributed by atoms with Crippen LogP contribution in [0.2, 0.25) is 5.15 Å². The van der Waals surface area contributed by atoms with Crippen LogP contribution in [0.1, 0.15) is 12.5 Å². The van der Waals surface area contributed by atoms with Crippen molar-refractivity contribution in [2.45, 2.75) is 13.3 Å². The van der Waals surface area contributed by atoms with E-state index in [0.29, 0.717) is 11.0 Å². The molecule has 0 aliphatic heterocycles. The SMILES string of the molecule is CCc1cc(Cl)nc(OC)c1. The molecule has 0 unspecified atom stereocenters. The summed E-state index contributed by atoms with van der Waals surface area (Å²) in [5.41, 5.74) is 1.14. The minimum absolute atomic E-state index is 0.487. The lowest BCUT2D eigenvalue weighted by molar-refractivity contribution is 0.397. The third kappa shape index (κ3) is 2.09. The van der Waals surface area contributed by atoms with Crippen LogP contribution in [0, 0.1) is 0 Å². The highest BCUT2D eigenvalue weighted by Crippen LogP contribution is 2.15. The van der Waals surface area contributed by atoms with E-state index in [2.05, 4.69) is 11.9 Å². The van der Waals surface area contributed by atoms with Crippen molar-refractivity contribution < 1.29 is 4.74 Å². The number of halogens is 1. The molecule has 0 saturated carbocycles. The minimum atomic E-state index is 0.487. The fraction of sp³-hybridized carbons (Fsp3) is 0.375. The fourth-order valence-corrected chi connectivity index (χ4v) is 1.06. The van der Waals surface area contributed by atoms with Crippen LogP contribution in [-0.2, 0) is 6.42 Å². The second-order valence-corrected chi connectivity index (χ2v) is 2.58. The molecule has 0 aromatic carbocycles. The summed E-state index contributed by atoms with van der Waals surface area (Å²) in [5, 5.41) is 0.487. The Kier molecular flexibility index (Phi) is 2.71. The van der Waals surface area contributed by atoms with E-state index in [-0.39, 0.29) is 0 Å². The highest BCUT2D eigenvalue weighted by Gasteiger charge is 1.98. The monoisotopic (exact) mass is 171 g/mol. The second-order valence-electron chi connectivity index (χ2n) is 2.19. The molecule has 60 valence electrons. The average Bonchev–Trinajstić information content (AvgIpc) is 2.03. The Morgan fingerprint density at radius 3 is 2.82 bits per heavy atom. The zero-order valence-corrected chi connectivity index (χ0v) is 7.35. The highest BCUT2D eigenvalue weighted by atomic mass is 35.5. The predicted octanol–water partition coefficient (Wildman–Crippen LogP) is 2.31. The van der Waals surface area contributed by atoms with Crippen molar-refractivity contribution >= 4 is 11.6 Å². The van der Waals surface area contributed by atoms with E-state index in [1.165, 1.54) is 0 Å². The lowest BCUT2D eigenvalue weighted by Crippen LogP contribution is -1.90. The molecule has 0 N–H and O–H groups in total. The van der Waals surface area contributed by atoms with Crippen LogP contribution in [0.15, 0.2) is 12.1 Å². The Bertz CT molecular complexity index is 228. The molecule has 0 atom stereocenters. The molecule has 1 rings (SSSR count). The van der Waals surface area contributed by atoms with Gasteiger partial charge in [0.1, 0.15) is 5.15 Å². The molecule has 11 heavy (non-hydrogen) atoms. The molecule has 1 heterocycles. The summed E-state index contributed by atoms with van der Waals surface area (Å²) in [6, 6.07) is 3.72. The van der Waals surface area contributed by atoms with Crippen LogP contribution in [0.25, 0.3) is 0 Å². The van der Waals surface area contributed by atoms with Gasteiger partial charge in [0.05, 0.1) is 7.11 Å². The van der Waals surface area contributed by atoms with Crippen LogP contribution in [0.3, 0.4) is 0 Å². The Labute approximate surface area is 71.2 Å². The molecule has 0 spiro atoms. The van der Waals surface area contributed by atoms with E-state index >= 15 is 0 Å². The number of aromatic nitrogens is 1. The summed E-state index contributed by atoms with van der Waals surface area (Å²) in [5.74, 6) is 0.578. The number of hydrogen-bond acceptors (Lipinski definition) is 2. The fourth-order valence-electron chi connectivity index (χ4n) is 0.832. The number of methoxy groups -OCH3 is 1. The van der Waals surface area contributed by atoms with Crippen molar-refractivity contribution in [3.8, 4) is 5.88 Å². The quantitative estimate of drug-likeness (QED) is 0.638. The summed E-state index contributed by atoms with van der Waals surface area (Å²) in [7, 11) is 1.58. The highest BCUT2D eigenvalue weighted by molar-refractivity contribution is 6.29. The lowest BCUT2D eigenvalue weighted by Gasteiger charge is -2.01. The van der Waals surface area contributed by atoms with Crippen molar-refractivity contribution in [1.82, 2.24) is 4.98 Å². The molecular formula is C8H10ClNO. The van der Waals surface area contributed by atoms with Crippen LogP contribution in [0.5, 0.6) is 5.88 Å². The van der Waals surface area contributed by atoms with Crippen LogP contribution in [0.4, 0.5) is 0 Å². The van der Waals surface area contributed by atoms with Gasteiger partial charge in [-0.05, 0) is 18.1 Å². The molecule has 0 aliphatic rings. The Balaban J connectivity index is 3.02. The van der Waals surface area contributed by atoms with Gasteiger partial charge in [0, 0.05) is 6.07 Å². The summed E-state index contributed by atoms with van der Waals surface area (Å²) in [4.78, 5) is 3.94. The van der Waals surface area contributed by atoms with Gasteiger partial charge in [0.25, 0.3) is 0 Å². The molecule has 0 bridgehead atoms. The van der Waals surface area contributed by atoms with Crippen molar-refractivity contribution in [3.63, 3.8) is 0 Å². The Morgan fingerprint density at radius 2 is 2.27 bits per heavy atom. The van der Waals surface area contributed by atoms with E-state index in [9.17, 15) is 0 Å². The van der Waals surface area contributed by atoms with Crippen LogP contribution < -0.4 is 4.74 Å². The largest absolute Gasteiger partial charge is 0.481 e. The molecule has 0 aliphatic carbocycles. The van der Waals surface area contributed by atoms with Gasteiger partial charge in [0.15, 0.2) is 0 Å². The maximum atomic E-state index is 5.72. The molecule has 1 aromatic rings. The van der Waals surface area contributed by atoms with Crippen molar-refractivity contribution in [2.24, 2.45) is 0 Å². The number of pyridine rings is 1. The maximum absolute atomic E-state index is 5.72. The van der Waals surface area contributed by atoms with E-state index in [0.717, 1.165) is 12.0 Å². The number of aryl methyl sites for hydroxylation is 1. The average molecular weight is 172 g/mol. The number of hydrogen-bond donors (Lipinski definition) is 0. The molecule has 0 saturated heterocycles. The lowest BCUT2D eigenvalue weighted by atomic mass is 10.2. The van der Waals surface area contributed by atoms with Gasteiger partial charge in [-0.3, -0.25) is 0 Å². The normalized spacial score (nSPS) is 9.73. The molecule has 3 heteroatoms. The maximum Gasteiger partial charge on any atom is 0.214 e. The van der Waals surface area contributed by atoms with Crippen LogP contribution in [-0.4, -0.2) is 12.1 Å². The number of ether oxygens (including phenoxy) is 1. The molecular weight excluding hydrogens is 162 g/mol. The number of nitrogens with zero attached hydrogens (tertiary/aromatic N) is 1. The van der Waals surface area contributed by atoms with Gasteiger partial charge in [-0.25, -0.2) is 4.98 Å². The van der Waals surface area contributed by atoms with E-state index in [1.54, 1.807) is 7.11 Å². The van der Waals surface area contributed by atoms with Crippen LogP contribution >= 0.6 is 11.6 Å². The third-order valence-corrected chi connectivity index (χ3v) is 1.64. The summed E-state index contributed by atoms with van der Waals surface area (Å²) in [6.07, 6.45) is 0.943. The van der Waals surface area contributed by atoms with Crippen molar-refractivity contribution in [3.05, 3.63) is 22.8 Å². The van der Waals surface area contributed by atoms with Crippen molar-refractivity contribution in [2.75, 3.05) is 7.11 Å². The molecule has 0 radical (unpaired) electrons. The first kappa shape index (κ1) is 8.34. The van der Waals surface area contributed by atoms with Gasteiger partial charge in [0.2, 0.25) is 5.88 Å². The predicted molar refractivity (Wildman–Crippen MR) is 45.2 cm³/mol. The standard InChI is InChI=1S/C8H10ClNO/c1-3-6-4-7(9)10-8(5-6)11-2/h4-5H,3H2,1-2H3. The van der Waals surface area contributed by atoms with Gasteiger partial charge >= 0.3 is 0 Å². The van der Waals surface area contributed by atoms with Crippen molar-refractivity contribution in [1.29, 1.82) is 0 Å². The zero-order chi connectivity index (χ0) is 8.27. The van der Waals surface area contributed by atoms with Gasteiger partial charge < -0.3 is 4.74 Å². The van der Waals surface area contributed by atoms with E-state index in [4.69, 9.17) is 16.3 Å². The topological polar surface area (TPSA) is 22.1 Å². The van der Waals surface area contributed by atoms with E-state index < -0.39 is 0 Å². The molecule has 1 aromatic heterocycles. The first-order chi connectivity index (χ1) is 5.26. The van der Waals surface area contributed by atoms with Gasteiger partial charge in [-0.2, -0.15) is 0 Å². The smallest absolute Gasteiger partial charge is 0.214 e.